The molecule has 0 amide bonds. The van der Waals surface area contributed by atoms with Crippen molar-refractivity contribution in [1.29, 1.82) is 0 Å². The number of benzene rings is 1. The Hall–Kier alpha value is -1.06. The van der Waals surface area contributed by atoms with Crippen LogP contribution >= 0.6 is 0 Å². The molecular weight excluding hydrogens is 202 g/mol. The summed E-state index contributed by atoms with van der Waals surface area (Å²) in [6.07, 6.45) is 1.97. The lowest BCUT2D eigenvalue weighted by Crippen LogP contribution is -2.45. The van der Waals surface area contributed by atoms with Gasteiger partial charge in [0.25, 0.3) is 0 Å². The number of anilines is 1. The van der Waals surface area contributed by atoms with Gasteiger partial charge < -0.3 is 14.7 Å². The maximum absolute atomic E-state index is 9.90. The van der Waals surface area contributed by atoms with E-state index in [1.165, 1.54) is 17.7 Å². The number of hydrogen-bond donors (Lipinski definition) is 1. The summed E-state index contributed by atoms with van der Waals surface area (Å²) in [4.78, 5) is 2.32. The van der Waals surface area contributed by atoms with E-state index in [4.69, 9.17) is 4.74 Å². The highest BCUT2D eigenvalue weighted by Crippen LogP contribution is 2.30. The van der Waals surface area contributed by atoms with Crippen LogP contribution < -0.4 is 4.90 Å². The number of ether oxygens (including phenoxy) is 1. The van der Waals surface area contributed by atoms with E-state index < -0.39 is 0 Å². The SMILES string of the molecule is O[C@@H]1COC[C@H]1N1CCCc2ccccc21. The van der Waals surface area contributed by atoms with Gasteiger partial charge in [0.1, 0.15) is 0 Å². The van der Waals surface area contributed by atoms with E-state index >= 15 is 0 Å². The van der Waals surface area contributed by atoms with E-state index in [1.54, 1.807) is 0 Å². The normalized spacial score (nSPS) is 29.2. The average Bonchev–Trinajstić information content (AvgIpc) is 2.75. The van der Waals surface area contributed by atoms with E-state index in [-0.39, 0.29) is 12.1 Å². The third-order valence-electron chi connectivity index (χ3n) is 3.57. The van der Waals surface area contributed by atoms with E-state index in [1.807, 2.05) is 0 Å². The monoisotopic (exact) mass is 219 g/mol. The van der Waals surface area contributed by atoms with Gasteiger partial charge in [0.15, 0.2) is 0 Å². The molecule has 2 aliphatic heterocycles. The first-order valence-electron chi connectivity index (χ1n) is 5.96. The van der Waals surface area contributed by atoms with Gasteiger partial charge >= 0.3 is 0 Å². The summed E-state index contributed by atoms with van der Waals surface area (Å²) >= 11 is 0. The van der Waals surface area contributed by atoms with Crippen molar-refractivity contribution >= 4 is 5.69 Å². The molecular formula is C13H17NO2. The van der Waals surface area contributed by atoms with Crippen molar-refractivity contribution in [3.05, 3.63) is 29.8 Å². The number of nitrogens with zero attached hydrogens (tertiary/aromatic N) is 1. The molecule has 0 unspecified atom stereocenters. The number of hydrogen-bond acceptors (Lipinski definition) is 3. The molecule has 2 aliphatic rings. The van der Waals surface area contributed by atoms with Crippen LogP contribution in [0.25, 0.3) is 0 Å². The van der Waals surface area contributed by atoms with E-state index in [9.17, 15) is 5.11 Å². The fourth-order valence-electron chi connectivity index (χ4n) is 2.74. The maximum Gasteiger partial charge on any atom is 0.0998 e. The van der Waals surface area contributed by atoms with Crippen molar-refractivity contribution in [1.82, 2.24) is 0 Å². The third kappa shape index (κ3) is 1.60. The quantitative estimate of drug-likeness (QED) is 0.770. The van der Waals surface area contributed by atoms with E-state index in [0.717, 1.165) is 13.0 Å². The Balaban J connectivity index is 1.92. The van der Waals surface area contributed by atoms with Crippen LogP contribution in [0.2, 0.25) is 0 Å². The number of aliphatic hydroxyl groups excluding tert-OH is 1. The number of aliphatic hydroxyl groups is 1. The summed E-state index contributed by atoms with van der Waals surface area (Å²) < 4.78 is 5.35. The largest absolute Gasteiger partial charge is 0.388 e. The summed E-state index contributed by atoms with van der Waals surface area (Å²) in [6, 6.07) is 8.63. The second-order valence-electron chi connectivity index (χ2n) is 4.60. The molecule has 16 heavy (non-hydrogen) atoms. The molecule has 0 aliphatic carbocycles. The zero-order valence-electron chi connectivity index (χ0n) is 9.30. The summed E-state index contributed by atoms with van der Waals surface area (Å²) in [5.74, 6) is 0. The standard InChI is InChI=1S/C13H17NO2/c15-13-9-16-8-12(13)14-7-3-5-10-4-1-2-6-11(10)14/h1-2,4,6,12-13,15H,3,5,7-9H2/t12-,13-/m1/s1. The fraction of sp³-hybridized carbons (Fsp3) is 0.538. The van der Waals surface area contributed by atoms with Crippen LogP contribution in [0.3, 0.4) is 0 Å². The molecule has 0 saturated carbocycles. The molecule has 0 spiro atoms. The maximum atomic E-state index is 9.90. The molecule has 1 saturated heterocycles. The molecule has 0 aromatic heterocycles. The van der Waals surface area contributed by atoms with Gasteiger partial charge in [-0.3, -0.25) is 0 Å². The van der Waals surface area contributed by atoms with Crippen LogP contribution in [0.1, 0.15) is 12.0 Å². The van der Waals surface area contributed by atoms with Crippen molar-refractivity contribution in [2.45, 2.75) is 25.0 Å². The number of fused-ring (bicyclic) bond motifs is 1. The van der Waals surface area contributed by atoms with Gasteiger partial charge in [-0.25, -0.2) is 0 Å². The predicted octanol–water partition coefficient (Wildman–Crippen LogP) is 1.20. The Kier molecular flexibility index (Phi) is 2.58. The fourth-order valence-corrected chi connectivity index (χ4v) is 2.74. The van der Waals surface area contributed by atoms with Crippen LogP contribution in [0.5, 0.6) is 0 Å². The van der Waals surface area contributed by atoms with Gasteiger partial charge in [-0.05, 0) is 24.5 Å². The number of para-hydroxylation sites is 1. The minimum atomic E-state index is -0.342. The predicted molar refractivity (Wildman–Crippen MR) is 62.7 cm³/mol. The number of aryl methyl sites for hydroxylation is 1. The van der Waals surface area contributed by atoms with Crippen molar-refractivity contribution < 1.29 is 9.84 Å². The van der Waals surface area contributed by atoms with Gasteiger partial charge in [0, 0.05) is 12.2 Å². The first kappa shape index (κ1) is 10.1. The Bertz CT molecular complexity index is 380. The summed E-state index contributed by atoms with van der Waals surface area (Å²) in [5, 5.41) is 9.90. The van der Waals surface area contributed by atoms with Gasteiger partial charge in [0.2, 0.25) is 0 Å². The highest BCUT2D eigenvalue weighted by Gasteiger charge is 2.33. The molecule has 3 heteroatoms. The lowest BCUT2D eigenvalue weighted by molar-refractivity contribution is 0.124. The first-order valence-corrected chi connectivity index (χ1v) is 5.96. The first-order chi connectivity index (χ1) is 7.86. The van der Waals surface area contributed by atoms with Crippen LogP contribution in [-0.2, 0) is 11.2 Å². The van der Waals surface area contributed by atoms with Crippen molar-refractivity contribution in [3.8, 4) is 0 Å². The van der Waals surface area contributed by atoms with E-state index in [0.29, 0.717) is 13.2 Å². The van der Waals surface area contributed by atoms with Gasteiger partial charge in [-0.2, -0.15) is 0 Å². The minimum Gasteiger partial charge on any atom is -0.388 e. The lowest BCUT2D eigenvalue weighted by Gasteiger charge is -2.36. The molecule has 3 nitrogen and oxygen atoms in total. The minimum absolute atomic E-state index is 0.140. The molecule has 3 rings (SSSR count). The number of rotatable bonds is 1. The van der Waals surface area contributed by atoms with E-state index in [2.05, 4.69) is 29.2 Å². The van der Waals surface area contributed by atoms with Crippen molar-refractivity contribution in [2.24, 2.45) is 0 Å². The van der Waals surface area contributed by atoms with Crippen LogP contribution in [0.4, 0.5) is 5.69 Å². The average molecular weight is 219 g/mol. The second kappa shape index (κ2) is 4.07. The van der Waals surface area contributed by atoms with Gasteiger partial charge in [-0.15, -0.1) is 0 Å². The van der Waals surface area contributed by atoms with Gasteiger partial charge in [-0.1, -0.05) is 18.2 Å². The highest BCUT2D eigenvalue weighted by atomic mass is 16.5. The molecule has 1 aromatic carbocycles. The molecule has 2 atom stereocenters. The molecule has 1 N–H and O–H groups in total. The topological polar surface area (TPSA) is 32.7 Å². The highest BCUT2D eigenvalue weighted by molar-refractivity contribution is 5.56. The molecule has 1 fully saturated rings. The Labute approximate surface area is 95.6 Å². The van der Waals surface area contributed by atoms with Crippen LogP contribution in [0.15, 0.2) is 24.3 Å². The van der Waals surface area contributed by atoms with Crippen LogP contribution in [-0.4, -0.2) is 37.0 Å². The zero-order chi connectivity index (χ0) is 11.0. The third-order valence-corrected chi connectivity index (χ3v) is 3.57. The molecule has 0 bridgehead atoms. The summed E-state index contributed by atoms with van der Waals surface area (Å²) in [7, 11) is 0. The summed E-state index contributed by atoms with van der Waals surface area (Å²) in [5.41, 5.74) is 2.68. The Morgan fingerprint density at radius 2 is 2.12 bits per heavy atom. The summed E-state index contributed by atoms with van der Waals surface area (Å²) in [6.45, 7) is 2.15. The van der Waals surface area contributed by atoms with Crippen molar-refractivity contribution in [3.63, 3.8) is 0 Å². The Morgan fingerprint density at radius 1 is 1.25 bits per heavy atom. The lowest BCUT2D eigenvalue weighted by atomic mass is 9.99. The zero-order valence-corrected chi connectivity index (χ0v) is 9.30. The molecule has 1 aromatic rings. The van der Waals surface area contributed by atoms with Crippen LogP contribution in [0, 0.1) is 0 Å². The Morgan fingerprint density at radius 3 is 2.94 bits per heavy atom. The van der Waals surface area contributed by atoms with Gasteiger partial charge in [0.05, 0.1) is 25.4 Å². The molecule has 0 radical (unpaired) electrons. The second-order valence-corrected chi connectivity index (χ2v) is 4.60. The van der Waals surface area contributed by atoms with Crippen molar-refractivity contribution in [2.75, 3.05) is 24.7 Å². The molecule has 86 valence electrons. The molecule has 2 heterocycles. The smallest absolute Gasteiger partial charge is 0.0998 e.